The lowest BCUT2D eigenvalue weighted by molar-refractivity contribution is 0.521. The van der Waals surface area contributed by atoms with Crippen LogP contribution >= 0.6 is 15.9 Å². The summed E-state index contributed by atoms with van der Waals surface area (Å²) in [6.07, 6.45) is 5.83. The Hall–Kier alpha value is -2.21. The molecule has 0 aliphatic carbocycles. The number of fused-ring (bicyclic) bond motifs is 1. The van der Waals surface area contributed by atoms with Crippen molar-refractivity contribution in [3.8, 4) is 0 Å². The van der Waals surface area contributed by atoms with Crippen molar-refractivity contribution in [1.29, 1.82) is 0 Å². The number of nitrogens with one attached hydrogen (secondary N) is 1. The largest absolute Gasteiger partial charge is 0.356 e. The first kappa shape index (κ1) is 15.3. The van der Waals surface area contributed by atoms with E-state index >= 15 is 0 Å². The number of hydrogen-bond acceptors (Lipinski definition) is 5. The minimum Gasteiger partial charge on any atom is -0.356 e. The highest BCUT2D eigenvalue weighted by atomic mass is 79.9. The number of halogens is 1. The van der Waals surface area contributed by atoms with Crippen LogP contribution in [0.4, 0.5) is 11.8 Å². The van der Waals surface area contributed by atoms with E-state index in [-0.39, 0.29) is 0 Å². The van der Waals surface area contributed by atoms with Crippen LogP contribution < -0.4 is 10.2 Å². The van der Waals surface area contributed by atoms with Crippen molar-refractivity contribution in [3.05, 3.63) is 53.3 Å². The van der Waals surface area contributed by atoms with Gasteiger partial charge in [0.15, 0.2) is 0 Å². The number of anilines is 2. The van der Waals surface area contributed by atoms with Crippen LogP contribution in [0.25, 0.3) is 10.9 Å². The van der Waals surface area contributed by atoms with Crippen LogP contribution in [0.1, 0.15) is 12.8 Å². The fourth-order valence-electron chi connectivity index (χ4n) is 3.05. The maximum absolute atomic E-state index is 4.62. The van der Waals surface area contributed by atoms with Gasteiger partial charge in [0, 0.05) is 41.4 Å². The van der Waals surface area contributed by atoms with Gasteiger partial charge in [-0.25, -0.2) is 15.0 Å². The molecule has 1 aliphatic heterocycles. The molecule has 4 rings (SSSR count). The smallest absolute Gasteiger partial charge is 0.223 e. The Labute approximate surface area is 149 Å². The third-order valence-electron chi connectivity index (χ3n) is 4.34. The van der Waals surface area contributed by atoms with E-state index in [1.165, 1.54) is 0 Å². The zero-order chi connectivity index (χ0) is 16.4. The summed E-state index contributed by atoms with van der Waals surface area (Å²) in [5.74, 6) is 1.77. The fraction of sp³-hybridized carbons (Fsp3) is 0.278. The van der Waals surface area contributed by atoms with E-state index in [1.54, 1.807) is 0 Å². The lowest BCUT2D eigenvalue weighted by atomic mass is 10.1. The predicted molar refractivity (Wildman–Crippen MR) is 100 cm³/mol. The highest BCUT2D eigenvalue weighted by molar-refractivity contribution is 9.10. The molecule has 0 bridgehead atoms. The van der Waals surface area contributed by atoms with Gasteiger partial charge in [-0.3, -0.25) is 0 Å². The van der Waals surface area contributed by atoms with E-state index in [1.807, 2.05) is 42.7 Å². The van der Waals surface area contributed by atoms with Gasteiger partial charge >= 0.3 is 0 Å². The van der Waals surface area contributed by atoms with Crippen LogP contribution in [0.5, 0.6) is 0 Å². The summed E-state index contributed by atoms with van der Waals surface area (Å²) in [6.45, 7) is 1.99. The van der Waals surface area contributed by atoms with E-state index in [0.29, 0.717) is 12.0 Å². The second-order valence-corrected chi connectivity index (χ2v) is 6.91. The summed E-state index contributed by atoms with van der Waals surface area (Å²) in [4.78, 5) is 15.8. The Kier molecular flexibility index (Phi) is 4.30. The van der Waals surface area contributed by atoms with Gasteiger partial charge in [-0.1, -0.05) is 22.0 Å². The molecule has 1 N–H and O–H groups in total. The molecule has 6 heteroatoms. The van der Waals surface area contributed by atoms with E-state index < -0.39 is 0 Å². The van der Waals surface area contributed by atoms with Crippen molar-refractivity contribution in [1.82, 2.24) is 15.0 Å². The van der Waals surface area contributed by atoms with Gasteiger partial charge in [0.1, 0.15) is 5.82 Å². The molecule has 24 heavy (non-hydrogen) atoms. The number of rotatable bonds is 3. The molecule has 1 aromatic carbocycles. The molecular weight excluding hydrogens is 366 g/mol. The summed E-state index contributed by atoms with van der Waals surface area (Å²) < 4.78 is 1.04. The normalized spacial score (nSPS) is 15.6. The second kappa shape index (κ2) is 6.73. The number of benzene rings is 1. The number of piperidine rings is 1. The quantitative estimate of drug-likeness (QED) is 0.743. The molecule has 1 saturated heterocycles. The first-order valence-corrected chi connectivity index (χ1v) is 8.92. The van der Waals surface area contributed by atoms with Crippen LogP contribution in [0.2, 0.25) is 0 Å². The van der Waals surface area contributed by atoms with Crippen LogP contribution in [-0.2, 0) is 0 Å². The van der Waals surface area contributed by atoms with Crippen molar-refractivity contribution in [2.24, 2.45) is 0 Å². The van der Waals surface area contributed by atoms with Gasteiger partial charge in [-0.15, -0.1) is 0 Å². The van der Waals surface area contributed by atoms with Crippen molar-refractivity contribution < 1.29 is 0 Å². The Morgan fingerprint density at radius 2 is 1.96 bits per heavy atom. The Bertz CT molecular complexity index is 831. The lowest BCUT2D eigenvalue weighted by Gasteiger charge is -2.33. The van der Waals surface area contributed by atoms with E-state index in [0.717, 1.165) is 47.1 Å². The SMILES string of the molecule is Brc1ccc2nc(NC3CCN(c4ccccn4)CC3)ncc2c1. The molecule has 0 saturated carbocycles. The van der Waals surface area contributed by atoms with Crippen LogP contribution in [0.3, 0.4) is 0 Å². The number of nitrogens with zero attached hydrogens (tertiary/aromatic N) is 4. The van der Waals surface area contributed by atoms with Gasteiger partial charge in [-0.2, -0.15) is 0 Å². The molecule has 1 aliphatic rings. The minimum absolute atomic E-state index is 0.401. The molecular formula is C18H18BrN5. The maximum Gasteiger partial charge on any atom is 0.223 e. The van der Waals surface area contributed by atoms with Gasteiger partial charge < -0.3 is 10.2 Å². The van der Waals surface area contributed by atoms with Gasteiger partial charge in [0.05, 0.1) is 5.52 Å². The topological polar surface area (TPSA) is 53.9 Å². The second-order valence-electron chi connectivity index (χ2n) is 5.99. The molecule has 5 nitrogen and oxygen atoms in total. The molecule has 3 aromatic rings. The van der Waals surface area contributed by atoms with E-state index in [9.17, 15) is 0 Å². The highest BCUT2D eigenvalue weighted by Gasteiger charge is 2.20. The summed E-state index contributed by atoms with van der Waals surface area (Å²) in [5.41, 5.74) is 0.960. The molecule has 122 valence electrons. The standard InChI is InChI=1S/C18H18BrN5/c19-14-4-5-16-13(11-14)12-21-18(23-16)22-15-6-9-24(10-7-15)17-3-1-2-8-20-17/h1-5,8,11-12,15H,6-7,9-10H2,(H,21,22,23). The first-order valence-electron chi connectivity index (χ1n) is 8.13. The van der Waals surface area contributed by atoms with Crippen molar-refractivity contribution in [2.45, 2.75) is 18.9 Å². The van der Waals surface area contributed by atoms with E-state index in [4.69, 9.17) is 0 Å². The number of aromatic nitrogens is 3. The van der Waals surface area contributed by atoms with Gasteiger partial charge in [0.2, 0.25) is 5.95 Å². The number of hydrogen-bond donors (Lipinski definition) is 1. The summed E-state index contributed by atoms with van der Waals surface area (Å²) in [7, 11) is 0. The maximum atomic E-state index is 4.62. The molecule has 0 atom stereocenters. The average Bonchev–Trinajstić information content (AvgIpc) is 2.63. The minimum atomic E-state index is 0.401. The summed E-state index contributed by atoms with van der Waals surface area (Å²) in [6, 6.07) is 12.5. The third kappa shape index (κ3) is 3.33. The Morgan fingerprint density at radius 1 is 1.08 bits per heavy atom. The van der Waals surface area contributed by atoms with Gasteiger partial charge in [0.25, 0.3) is 0 Å². The van der Waals surface area contributed by atoms with Gasteiger partial charge in [-0.05, 0) is 43.2 Å². The van der Waals surface area contributed by atoms with Crippen molar-refractivity contribution in [3.63, 3.8) is 0 Å². The molecule has 0 spiro atoms. The Morgan fingerprint density at radius 3 is 2.75 bits per heavy atom. The Balaban J connectivity index is 1.41. The van der Waals surface area contributed by atoms with Crippen LogP contribution in [-0.4, -0.2) is 34.1 Å². The molecule has 0 radical (unpaired) electrons. The highest BCUT2D eigenvalue weighted by Crippen LogP contribution is 2.21. The molecule has 0 unspecified atom stereocenters. The van der Waals surface area contributed by atoms with Crippen LogP contribution in [0.15, 0.2) is 53.3 Å². The predicted octanol–water partition coefficient (Wildman–Crippen LogP) is 3.87. The fourth-order valence-corrected chi connectivity index (χ4v) is 3.43. The zero-order valence-corrected chi connectivity index (χ0v) is 14.8. The molecule has 3 heterocycles. The number of pyridine rings is 1. The van der Waals surface area contributed by atoms with Crippen molar-refractivity contribution in [2.75, 3.05) is 23.3 Å². The average molecular weight is 384 g/mol. The molecule has 0 amide bonds. The van der Waals surface area contributed by atoms with Crippen LogP contribution in [0, 0.1) is 0 Å². The van der Waals surface area contributed by atoms with E-state index in [2.05, 4.69) is 47.2 Å². The monoisotopic (exact) mass is 383 g/mol. The first-order chi connectivity index (χ1) is 11.8. The zero-order valence-electron chi connectivity index (χ0n) is 13.2. The van der Waals surface area contributed by atoms with Crippen molar-refractivity contribution >= 4 is 38.6 Å². The molecule has 1 fully saturated rings. The third-order valence-corrected chi connectivity index (χ3v) is 4.84. The lowest BCUT2D eigenvalue weighted by Crippen LogP contribution is -2.39. The summed E-state index contributed by atoms with van der Waals surface area (Å²) >= 11 is 3.47. The molecule has 2 aromatic heterocycles. The summed E-state index contributed by atoms with van der Waals surface area (Å²) in [5, 5.41) is 4.52.